The van der Waals surface area contributed by atoms with Gasteiger partial charge < -0.3 is 19.8 Å². The molecule has 2 aliphatic heterocycles. The first kappa shape index (κ1) is 23.5. The Labute approximate surface area is 209 Å². The molecular weight excluding hydrogens is 456 g/mol. The van der Waals surface area contributed by atoms with E-state index in [1.165, 1.54) is 17.0 Å². The lowest BCUT2D eigenvalue weighted by Crippen LogP contribution is -2.29. The van der Waals surface area contributed by atoms with Gasteiger partial charge in [0.15, 0.2) is 0 Å². The third-order valence-electron chi connectivity index (χ3n) is 6.85. The largest absolute Gasteiger partial charge is 0.508 e. The standard InChI is InChI=1S/C29H28N2O5/c1-3-30(4-2)21-9-11-22(12-10-21)31-26(19-6-5-7-23(32)17-19)25(28(34)29(31)35)27(33)20-8-13-24-18(16-20)14-15-36-24/h5-13,16-17,26,32-33H,3-4,14-15H2,1-2H3/b27-25-. The summed E-state index contributed by atoms with van der Waals surface area (Å²) in [5.41, 5.74) is 3.43. The minimum absolute atomic E-state index is 0.00430. The summed E-state index contributed by atoms with van der Waals surface area (Å²) in [6.07, 6.45) is 0.708. The van der Waals surface area contributed by atoms with Gasteiger partial charge in [-0.05, 0) is 79.6 Å². The number of amides is 1. The maximum absolute atomic E-state index is 13.4. The van der Waals surface area contributed by atoms with Gasteiger partial charge >= 0.3 is 0 Å². The lowest BCUT2D eigenvalue weighted by molar-refractivity contribution is -0.132. The Morgan fingerprint density at radius 1 is 1.03 bits per heavy atom. The van der Waals surface area contributed by atoms with E-state index in [1.54, 1.807) is 42.5 Å². The predicted octanol–water partition coefficient (Wildman–Crippen LogP) is 4.80. The lowest BCUT2D eigenvalue weighted by Gasteiger charge is -2.27. The van der Waals surface area contributed by atoms with Gasteiger partial charge in [0, 0.05) is 36.4 Å². The van der Waals surface area contributed by atoms with E-state index in [0.717, 1.165) is 30.1 Å². The Balaban J connectivity index is 1.64. The number of anilines is 2. The molecule has 1 saturated heterocycles. The number of nitrogens with zero attached hydrogens (tertiary/aromatic N) is 2. The molecule has 3 aromatic carbocycles. The van der Waals surface area contributed by atoms with Crippen LogP contribution < -0.4 is 14.5 Å². The molecule has 36 heavy (non-hydrogen) atoms. The number of phenols is 1. The van der Waals surface area contributed by atoms with Crippen LogP contribution in [-0.4, -0.2) is 41.6 Å². The zero-order chi connectivity index (χ0) is 25.4. The first-order valence-electron chi connectivity index (χ1n) is 12.1. The molecule has 184 valence electrons. The van der Waals surface area contributed by atoms with E-state index in [9.17, 15) is 19.8 Å². The molecule has 2 N–H and O–H groups in total. The van der Waals surface area contributed by atoms with Gasteiger partial charge in [-0.1, -0.05) is 12.1 Å². The average molecular weight is 485 g/mol. The minimum Gasteiger partial charge on any atom is -0.508 e. The zero-order valence-electron chi connectivity index (χ0n) is 20.3. The zero-order valence-corrected chi connectivity index (χ0v) is 20.3. The van der Waals surface area contributed by atoms with Crippen LogP contribution in [0.3, 0.4) is 0 Å². The van der Waals surface area contributed by atoms with Crippen LogP contribution in [0.5, 0.6) is 11.5 Å². The summed E-state index contributed by atoms with van der Waals surface area (Å²) in [7, 11) is 0. The van der Waals surface area contributed by atoms with E-state index in [0.29, 0.717) is 29.8 Å². The number of hydrogen-bond acceptors (Lipinski definition) is 6. The Kier molecular flexibility index (Phi) is 6.14. The van der Waals surface area contributed by atoms with Crippen molar-refractivity contribution in [2.75, 3.05) is 29.5 Å². The fourth-order valence-electron chi connectivity index (χ4n) is 5.01. The number of carbonyl (C=O) groups is 2. The van der Waals surface area contributed by atoms with Crippen LogP contribution in [0.4, 0.5) is 11.4 Å². The van der Waals surface area contributed by atoms with Crippen LogP contribution >= 0.6 is 0 Å². The summed E-state index contributed by atoms with van der Waals surface area (Å²) in [5.74, 6) is -0.997. The van der Waals surface area contributed by atoms with Gasteiger partial charge in [0.05, 0.1) is 18.2 Å². The highest BCUT2D eigenvalue weighted by atomic mass is 16.5. The van der Waals surface area contributed by atoms with Crippen molar-refractivity contribution in [2.45, 2.75) is 26.3 Å². The molecule has 0 radical (unpaired) electrons. The second kappa shape index (κ2) is 9.41. The summed E-state index contributed by atoms with van der Waals surface area (Å²) in [5, 5.41) is 21.5. The van der Waals surface area contributed by atoms with Crippen molar-refractivity contribution in [3.8, 4) is 11.5 Å². The quantitative estimate of drug-likeness (QED) is 0.297. The third kappa shape index (κ3) is 3.96. The molecule has 2 heterocycles. The summed E-state index contributed by atoms with van der Waals surface area (Å²) < 4.78 is 5.56. The molecule has 7 heteroatoms. The molecule has 0 aromatic heterocycles. The number of aromatic hydroxyl groups is 1. The predicted molar refractivity (Wildman–Crippen MR) is 139 cm³/mol. The van der Waals surface area contributed by atoms with Crippen molar-refractivity contribution in [3.05, 3.63) is 89.0 Å². The van der Waals surface area contributed by atoms with Crippen LogP contribution in [-0.2, 0) is 16.0 Å². The van der Waals surface area contributed by atoms with Crippen LogP contribution in [0.25, 0.3) is 5.76 Å². The summed E-state index contributed by atoms with van der Waals surface area (Å²) >= 11 is 0. The summed E-state index contributed by atoms with van der Waals surface area (Å²) in [6, 6.07) is 18.2. The van der Waals surface area contributed by atoms with Gasteiger partial charge in [-0.2, -0.15) is 0 Å². The number of aliphatic hydroxyl groups is 1. The number of fused-ring (bicyclic) bond motifs is 1. The number of ketones is 1. The fourth-order valence-corrected chi connectivity index (χ4v) is 5.01. The van der Waals surface area contributed by atoms with Crippen LogP contribution in [0.2, 0.25) is 0 Å². The van der Waals surface area contributed by atoms with Crippen LogP contribution in [0.1, 0.15) is 36.6 Å². The lowest BCUT2D eigenvalue weighted by atomic mass is 9.94. The molecule has 0 aliphatic carbocycles. The molecule has 0 spiro atoms. The molecule has 5 rings (SSSR count). The van der Waals surface area contributed by atoms with Crippen molar-refractivity contribution in [1.82, 2.24) is 0 Å². The molecule has 0 bridgehead atoms. The van der Waals surface area contributed by atoms with Gasteiger partial charge in [-0.15, -0.1) is 0 Å². The summed E-state index contributed by atoms with van der Waals surface area (Å²) in [6.45, 7) is 6.40. The van der Waals surface area contributed by atoms with E-state index >= 15 is 0 Å². The molecular formula is C29H28N2O5. The number of carbonyl (C=O) groups excluding carboxylic acids is 2. The number of hydrogen-bond donors (Lipinski definition) is 2. The average Bonchev–Trinajstić information content (AvgIpc) is 3.47. The number of aliphatic hydroxyl groups excluding tert-OH is 1. The number of phenolic OH excluding ortho intramolecular Hbond substituents is 1. The molecule has 3 aromatic rings. The monoisotopic (exact) mass is 484 g/mol. The van der Waals surface area contributed by atoms with E-state index < -0.39 is 17.7 Å². The molecule has 1 amide bonds. The maximum atomic E-state index is 13.4. The second-order valence-electron chi connectivity index (χ2n) is 8.87. The minimum atomic E-state index is -0.902. The van der Waals surface area contributed by atoms with E-state index in [4.69, 9.17) is 4.74 Å². The van der Waals surface area contributed by atoms with Crippen LogP contribution in [0.15, 0.2) is 72.3 Å². The van der Waals surface area contributed by atoms with Gasteiger partial charge in [0.25, 0.3) is 11.7 Å². The Bertz CT molecular complexity index is 1360. The molecule has 7 nitrogen and oxygen atoms in total. The normalized spacial score (nSPS) is 18.3. The van der Waals surface area contributed by atoms with Gasteiger partial charge in [0.1, 0.15) is 17.3 Å². The number of benzene rings is 3. The van der Waals surface area contributed by atoms with Crippen molar-refractivity contribution in [2.24, 2.45) is 0 Å². The second-order valence-corrected chi connectivity index (χ2v) is 8.87. The molecule has 1 unspecified atom stereocenters. The Morgan fingerprint density at radius 2 is 1.78 bits per heavy atom. The fraction of sp³-hybridized carbons (Fsp3) is 0.241. The maximum Gasteiger partial charge on any atom is 0.300 e. The molecule has 2 aliphatic rings. The first-order valence-corrected chi connectivity index (χ1v) is 12.1. The molecule has 0 saturated carbocycles. The van der Waals surface area contributed by atoms with Crippen molar-refractivity contribution in [1.29, 1.82) is 0 Å². The topological polar surface area (TPSA) is 90.3 Å². The molecule has 1 fully saturated rings. The highest BCUT2D eigenvalue weighted by Gasteiger charge is 2.47. The van der Waals surface area contributed by atoms with Crippen molar-refractivity contribution >= 4 is 28.8 Å². The van der Waals surface area contributed by atoms with Gasteiger partial charge in [-0.25, -0.2) is 0 Å². The molecule has 1 atom stereocenters. The number of rotatable bonds is 6. The van der Waals surface area contributed by atoms with E-state index in [2.05, 4.69) is 18.7 Å². The number of Topliss-reactive ketones (excluding diaryl/α,β-unsaturated/α-hetero) is 1. The third-order valence-corrected chi connectivity index (χ3v) is 6.85. The Hall–Kier alpha value is -4.26. The Morgan fingerprint density at radius 3 is 2.47 bits per heavy atom. The SMILES string of the molecule is CCN(CC)c1ccc(N2C(=O)C(=O)/C(=C(\O)c3ccc4c(c3)CCO4)C2c2cccc(O)c2)cc1. The van der Waals surface area contributed by atoms with Gasteiger partial charge in [0.2, 0.25) is 0 Å². The highest BCUT2D eigenvalue weighted by molar-refractivity contribution is 6.51. The van der Waals surface area contributed by atoms with Crippen LogP contribution in [0, 0.1) is 0 Å². The van der Waals surface area contributed by atoms with Crippen molar-refractivity contribution in [3.63, 3.8) is 0 Å². The number of ether oxygens (including phenoxy) is 1. The highest BCUT2D eigenvalue weighted by Crippen LogP contribution is 2.43. The smallest absolute Gasteiger partial charge is 0.300 e. The van der Waals surface area contributed by atoms with E-state index in [-0.39, 0.29) is 17.1 Å². The van der Waals surface area contributed by atoms with Crippen molar-refractivity contribution < 1.29 is 24.5 Å². The van der Waals surface area contributed by atoms with E-state index in [1.807, 2.05) is 12.1 Å². The first-order chi connectivity index (χ1) is 17.4. The van der Waals surface area contributed by atoms with Gasteiger partial charge in [-0.3, -0.25) is 14.5 Å². The summed E-state index contributed by atoms with van der Waals surface area (Å²) in [4.78, 5) is 30.3.